The molecule has 0 radical (unpaired) electrons. The van der Waals surface area contributed by atoms with Gasteiger partial charge in [0.05, 0.1) is 12.1 Å². The maximum atomic E-state index is 12.9. The van der Waals surface area contributed by atoms with Gasteiger partial charge < -0.3 is 21.1 Å². The van der Waals surface area contributed by atoms with Gasteiger partial charge in [0.2, 0.25) is 5.91 Å². The summed E-state index contributed by atoms with van der Waals surface area (Å²) in [7, 11) is 0. The number of nitriles is 1. The van der Waals surface area contributed by atoms with Crippen molar-refractivity contribution in [3.8, 4) is 6.07 Å². The van der Waals surface area contributed by atoms with E-state index in [9.17, 15) is 24.8 Å². The van der Waals surface area contributed by atoms with E-state index in [4.69, 9.17) is 0 Å². The third kappa shape index (κ3) is 7.10. The van der Waals surface area contributed by atoms with Crippen LogP contribution in [0.25, 0.3) is 11.8 Å². The van der Waals surface area contributed by atoms with Gasteiger partial charge in [-0.05, 0) is 50.5 Å². The second-order valence-corrected chi connectivity index (χ2v) is 10.8. The number of carbonyl (C=O) groups is 2. The lowest BCUT2D eigenvalue weighted by Crippen LogP contribution is -2.45. The zero-order chi connectivity index (χ0) is 29.4. The summed E-state index contributed by atoms with van der Waals surface area (Å²) in [4.78, 5) is 40.1. The van der Waals surface area contributed by atoms with Crippen molar-refractivity contribution < 1.29 is 14.7 Å². The van der Waals surface area contributed by atoms with Gasteiger partial charge in [0.15, 0.2) is 5.57 Å². The number of likely N-dealkylation sites (tertiary alicyclic amines) is 1. The zero-order valence-corrected chi connectivity index (χ0v) is 24.0. The Kier molecular flexibility index (Phi) is 9.73. The summed E-state index contributed by atoms with van der Waals surface area (Å²) >= 11 is 1.07. The van der Waals surface area contributed by atoms with Gasteiger partial charge in [-0.1, -0.05) is 36.4 Å². The van der Waals surface area contributed by atoms with Crippen LogP contribution >= 0.6 is 11.3 Å². The average Bonchev–Trinajstić information content (AvgIpc) is 3.29. The van der Waals surface area contributed by atoms with Crippen LogP contribution in [0.3, 0.4) is 0 Å². The topological polar surface area (TPSA) is 139 Å². The third-order valence-electron chi connectivity index (χ3n) is 6.99. The molecule has 3 aromatic rings. The maximum absolute atomic E-state index is 12.9. The van der Waals surface area contributed by atoms with Crippen LogP contribution in [0.2, 0.25) is 0 Å². The van der Waals surface area contributed by atoms with E-state index in [2.05, 4.69) is 16.0 Å². The molecule has 1 aliphatic heterocycles. The first-order valence-corrected chi connectivity index (χ1v) is 14.4. The number of thiazole rings is 1. The molecule has 0 atom stereocenters. The van der Waals surface area contributed by atoms with E-state index in [1.807, 2.05) is 41.3 Å². The molecule has 0 saturated carbocycles. The van der Waals surface area contributed by atoms with E-state index in [-0.39, 0.29) is 23.6 Å². The molecule has 2 amide bonds. The third-order valence-corrected chi connectivity index (χ3v) is 8.12. The van der Waals surface area contributed by atoms with E-state index >= 15 is 0 Å². The number of hydrogen-bond donors (Lipinski definition) is 4. The van der Waals surface area contributed by atoms with Crippen LogP contribution in [-0.2, 0) is 21.7 Å². The Hall–Kier alpha value is -4.24. The van der Waals surface area contributed by atoms with Gasteiger partial charge in [0.25, 0.3) is 11.5 Å². The molecule has 4 N–H and O–H groups in total. The van der Waals surface area contributed by atoms with Crippen LogP contribution < -0.4 is 30.7 Å². The summed E-state index contributed by atoms with van der Waals surface area (Å²) in [6.45, 7) is 5.65. The quantitative estimate of drug-likeness (QED) is 0.304. The largest absolute Gasteiger partial charge is 0.385 e. The van der Waals surface area contributed by atoms with Crippen molar-refractivity contribution in [2.75, 3.05) is 36.8 Å². The van der Waals surface area contributed by atoms with E-state index < -0.39 is 11.5 Å². The number of amides is 2. The minimum atomic E-state index is -0.870. The first-order chi connectivity index (χ1) is 19.8. The second kappa shape index (κ2) is 13.4. The molecule has 0 unspecified atom stereocenters. The van der Waals surface area contributed by atoms with Crippen LogP contribution in [0.5, 0.6) is 0 Å². The summed E-state index contributed by atoms with van der Waals surface area (Å²) in [5.41, 5.74) is 0.883. The van der Waals surface area contributed by atoms with E-state index in [0.717, 1.165) is 16.9 Å². The number of anilines is 2. The molecule has 10 nitrogen and oxygen atoms in total. The lowest BCUT2D eigenvalue weighted by molar-refractivity contribution is -0.118. The lowest BCUT2D eigenvalue weighted by atomic mass is 9.84. The summed E-state index contributed by atoms with van der Waals surface area (Å²) in [5.74, 6) is -0.673. The average molecular weight is 575 g/mol. The van der Waals surface area contributed by atoms with E-state index in [0.29, 0.717) is 59.6 Å². The summed E-state index contributed by atoms with van der Waals surface area (Å²) in [5, 5.41) is 29.2. The molecule has 4 rings (SSSR count). The Labute approximate surface area is 242 Å². The fraction of sp³-hybridized carbons (Fsp3) is 0.333. The van der Waals surface area contributed by atoms with Crippen molar-refractivity contribution in [3.63, 3.8) is 0 Å². The van der Waals surface area contributed by atoms with Gasteiger partial charge in [-0.15, -0.1) is 11.3 Å². The van der Waals surface area contributed by atoms with Crippen molar-refractivity contribution >= 4 is 46.3 Å². The second-order valence-electron chi connectivity index (χ2n) is 9.76. The lowest BCUT2D eigenvalue weighted by Gasteiger charge is -2.38. The highest BCUT2D eigenvalue weighted by atomic mass is 32.1. The fourth-order valence-electron chi connectivity index (χ4n) is 4.79. The van der Waals surface area contributed by atoms with Gasteiger partial charge in [-0.3, -0.25) is 23.9 Å². The van der Waals surface area contributed by atoms with Gasteiger partial charge >= 0.3 is 0 Å². The molecule has 0 bridgehead atoms. The van der Waals surface area contributed by atoms with Crippen LogP contribution in [0, 0.1) is 11.3 Å². The molecule has 2 heterocycles. The number of nitrogens with zero attached hydrogens (tertiary/aromatic N) is 3. The standard InChI is InChI=1S/C30H34N6O4S/c1-3-32-27(38)24(18-31)29-36(4-2)28(39)25(41-29)19-33-22-11-8-12-23(17-22)34-26(37)20-35-15-13-30(40,14-16-35)21-9-6-5-7-10-21/h5-12,17,19,33,40H,3-4,13-16,20H2,1-2H3,(H,32,38)(H,34,37)/b25-19+,29-24-. The number of aromatic nitrogens is 1. The molecule has 1 aromatic heterocycles. The minimum Gasteiger partial charge on any atom is -0.385 e. The number of nitrogens with one attached hydrogen (secondary N) is 3. The first-order valence-electron chi connectivity index (χ1n) is 13.6. The fourth-order valence-corrected chi connectivity index (χ4v) is 5.88. The van der Waals surface area contributed by atoms with Crippen molar-refractivity contribution in [1.29, 1.82) is 5.26 Å². The molecular weight excluding hydrogens is 540 g/mol. The normalized spacial score (nSPS) is 16.0. The maximum Gasteiger partial charge on any atom is 0.270 e. The molecule has 0 aliphatic carbocycles. The highest BCUT2D eigenvalue weighted by Crippen LogP contribution is 2.32. The van der Waals surface area contributed by atoms with Crippen molar-refractivity contribution in [3.05, 3.63) is 79.7 Å². The number of piperidine rings is 1. The summed E-state index contributed by atoms with van der Waals surface area (Å²) in [6, 6.07) is 18.7. The summed E-state index contributed by atoms with van der Waals surface area (Å²) in [6.07, 6.45) is 2.65. The molecule has 2 aromatic carbocycles. The molecule has 0 spiro atoms. The van der Waals surface area contributed by atoms with Crippen molar-refractivity contribution in [2.24, 2.45) is 0 Å². The van der Waals surface area contributed by atoms with Crippen molar-refractivity contribution in [1.82, 2.24) is 14.8 Å². The highest BCUT2D eigenvalue weighted by molar-refractivity contribution is 7.07. The SMILES string of the molecule is CCNC(=O)/C(C#N)=c1\s/c(=C/Nc2cccc(NC(=O)CN3CCC(O)(c4ccccc4)CC3)c2)c(=O)n1CC. The number of rotatable bonds is 9. The predicted octanol–water partition coefficient (Wildman–Crippen LogP) is 1.51. The van der Waals surface area contributed by atoms with Gasteiger partial charge in [-0.25, -0.2) is 0 Å². The minimum absolute atomic E-state index is 0.0985. The molecular formula is C30H34N6O4S. The number of aliphatic hydroxyl groups is 1. The van der Waals surface area contributed by atoms with E-state index in [1.54, 1.807) is 38.1 Å². The molecule has 1 aliphatic rings. The van der Waals surface area contributed by atoms with Crippen LogP contribution in [-0.4, -0.2) is 52.6 Å². The Balaban J connectivity index is 1.41. The van der Waals surface area contributed by atoms with Gasteiger partial charge in [0.1, 0.15) is 15.3 Å². The highest BCUT2D eigenvalue weighted by Gasteiger charge is 2.34. The molecule has 214 valence electrons. The number of carbonyl (C=O) groups excluding carboxylic acids is 2. The molecule has 1 fully saturated rings. The Morgan fingerprint density at radius 1 is 1.10 bits per heavy atom. The van der Waals surface area contributed by atoms with Crippen LogP contribution in [0.1, 0.15) is 32.3 Å². The van der Waals surface area contributed by atoms with Gasteiger partial charge in [0, 0.05) is 43.8 Å². The Morgan fingerprint density at radius 3 is 2.46 bits per heavy atom. The van der Waals surface area contributed by atoms with Gasteiger partial charge in [-0.2, -0.15) is 5.26 Å². The molecule has 41 heavy (non-hydrogen) atoms. The molecule has 11 heteroatoms. The van der Waals surface area contributed by atoms with Crippen molar-refractivity contribution in [2.45, 2.75) is 38.8 Å². The molecule has 1 saturated heterocycles. The predicted molar refractivity (Wildman–Crippen MR) is 160 cm³/mol. The Bertz CT molecular complexity index is 1610. The van der Waals surface area contributed by atoms with Crippen LogP contribution in [0.15, 0.2) is 59.4 Å². The monoisotopic (exact) mass is 574 g/mol. The summed E-state index contributed by atoms with van der Waals surface area (Å²) < 4.78 is 2.05. The Morgan fingerprint density at radius 2 is 1.80 bits per heavy atom. The first kappa shape index (κ1) is 29.7. The smallest absolute Gasteiger partial charge is 0.270 e. The van der Waals surface area contributed by atoms with Crippen LogP contribution in [0.4, 0.5) is 11.4 Å². The number of hydrogen-bond acceptors (Lipinski definition) is 8. The zero-order valence-electron chi connectivity index (χ0n) is 23.1. The number of benzene rings is 2. The van der Waals surface area contributed by atoms with E-state index in [1.165, 1.54) is 10.8 Å².